The van der Waals surface area contributed by atoms with Crippen molar-refractivity contribution in [3.05, 3.63) is 28.5 Å². The number of carboxylic acid groups (broad SMARTS) is 1. The average Bonchev–Trinajstić information content (AvgIpc) is 2.95. The number of oxazole rings is 1. The van der Waals surface area contributed by atoms with E-state index in [1.165, 1.54) is 29.5 Å². The minimum Gasteiger partial charge on any atom is -0.476 e. The number of fused-ring (bicyclic) bond motifs is 1. The third-order valence-corrected chi connectivity index (χ3v) is 4.16. The van der Waals surface area contributed by atoms with E-state index in [1.54, 1.807) is 11.3 Å². The Kier molecular flexibility index (Phi) is 2.48. The van der Waals surface area contributed by atoms with E-state index in [9.17, 15) is 4.79 Å². The van der Waals surface area contributed by atoms with Gasteiger partial charge < -0.3 is 9.52 Å². The van der Waals surface area contributed by atoms with Gasteiger partial charge in [-0.1, -0.05) is 0 Å². The van der Waals surface area contributed by atoms with Crippen LogP contribution in [0.1, 0.15) is 33.8 Å². The van der Waals surface area contributed by atoms with Gasteiger partial charge in [-0.05, 0) is 37.3 Å². The number of rotatable bonds is 2. The summed E-state index contributed by atoms with van der Waals surface area (Å²) < 4.78 is 5.21. The van der Waals surface area contributed by atoms with E-state index in [1.807, 2.05) is 0 Å². The van der Waals surface area contributed by atoms with Crippen molar-refractivity contribution in [1.29, 1.82) is 0 Å². The molecule has 1 aliphatic rings. The van der Waals surface area contributed by atoms with Crippen LogP contribution in [0.3, 0.4) is 0 Å². The highest BCUT2D eigenvalue weighted by Gasteiger charge is 2.18. The molecule has 0 radical (unpaired) electrons. The van der Waals surface area contributed by atoms with Crippen LogP contribution in [0, 0.1) is 0 Å². The average molecular weight is 249 g/mol. The van der Waals surface area contributed by atoms with Crippen LogP contribution in [0.4, 0.5) is 0 Å². The molecule has 0 bridgehead atoms. The van der Waals surface area contributed by atoms with Crippen molar-refractivity contribution in [2.45, 2.75) is 25.7 Å². The van der Waals surface area contributed by atoms with Crippen molar-refractivity contribution >= 4 is 17.3 Å². The van der Waals surface area contributed by atoms with E-state index >= 15 is 0 Å². The summed E-state index contributed by atoms with van der Waals surface area (Å²) in [6, 6.07) is 2.08. The summed E-state index contributed by atoms with van der Waals surface area (Å²) >= 11 is 1.66. The molecule has 88 valence electrons. The smallest absolute Gasteiger partial charge is 0.357 e. The predicted octanol–water partition coefficient (Wildman–Crippen LogP) is 2.98. The van der Waals surface area contributed by atoms with E-state index in [-0.39, 0.29) is 5.69 Å². The normalized spacial score (nSPS) is 14.6. The lowest BCUT2D eigenvalue weighted by Gasteiger charge is -2.08. The van der Waals surface area contributed by atoms with Gasteiger partial charge in [-0.25, -0.2) is 9.78 Å². The quantitative estimate of drug-likeness (QED) is 0.888. The van der Waals surface area contributed by atoms with Crippen LogP contribution in [0.5, 0.6) is 0 Å². The molecule has 5 heteroatoms. The largest absolute Gasteiger partial charge is 0.476 e. The molecule has 2 aromatic heterocycles. The molecule has 0 fully saturated rings. The third kappa shape index (κ3) is 1.86. The fraction of sp³-hybridized carbons (Fsp3) is 0.333. The molecule has 17 heavy (non-hydrogen) atoms. The molecule has 0 aromatic carbocycles. The van der Waals surface area contributed by atoms with Crippen LogP contribution in [-0.2, 0) is 12.8 Å². The number of hydrogen-bond donors (Lipinski definition) is 1. The van der Waals surface area contributed by atoms with Crippen molar-refractivity contribution in [3.8, 4) is 10.8 Å². The first-order valence-corrected chi connectivity index (χ1v) is 6.36. The molecule has 1 N–H and O–H groups in total. The SMILES string of the molecule is O=C(O)c1coc(-c2cc3c(s2)CCCC3)n1. The number of hydrogen-bond acceptors (Lipinski definition) is 4. The predicted molar refractivity (Wildman–Crippen MR) is 63.4 cm³/mol. The Morgan fingerprint density at radius 1 is 1.41 bits per heavy atom. The minimum atomic E-state index is -1.05. The molecular weight excluding hydrogens is 238 g/mol. The third-order valence-electron chi connectivity index (χ3n) is 2.93. The Bertz CT molecular complexity index is 547. The zero-order valence-corrected chi connectivity index (χ0v) is 9.92. The summed E-state index contributed by atoms with van der Waals surface area (Å²) in [6.45, 7) is 0. The molecule has 0 spiro atoms. The molecule has 0 aliphatic heterocycles. The molecule has 0 amide bonds. The standard InChI is InChI=1S/C12H11NO3S/c14-12(15)8-6-16-11(13-8)10-5-7-3-1-2-4-9(7)17-10/h5-6H,1-4H2,(H,14,15). The number of carbonyl (C=O) groups is 1. The summed E-state index contributed by atoms with van der Waals surface area (Å²) in [5.41, 5.74) is 1.33. The highest BCUT2D eigenvalue weighted by molar-refractivity contribution is 7.15. The Labute approximate surface area is 102 Å². The number of nitrogens with zero attached hydrogens (tertiary/aromatic N) is 1. The van der Waals surface area contributed by atoms with Crippen LogP contribution in [0.15, 0.2) is 16.7 Å². The zero-order valence-electron chi connectivity index (χ0n) is 9.10. The van der Waals surface area contributed by atoms with Gasteiger partial charge in [0.05, 0.1) is 4.88 Å². The number of aryl methyl sites for hydroxylation is 2. The van der Waals surface area contributed by atoms with Gasteiger partial charge in [-0.3, -0.25) is 0 Å². The first kappa shape index (κ1) is 10.5. The van der Waals surface area contributed by atoms with E-state index in [2.05, 4.69) is 11.1 Å². The molecule has 2 aromatic rings. The minimum absolute atomic E-state index is 0.0358. The Hall–Kier alpha value is -1.62. The molecule has 3 rings (SSSR count). The van der Waals surface area contributed by atoms with Gasteiger partial charge in [0.25, 0.3) is 0 Å². The van der Waals surface area contributed by atoms with Gasteiger partial charge >= 0.3 is 5.97 Å². The lowest BCUT2D eigenvalue weighted by Crippen LogP contribution is -1.96. The maximum Gasteiger partial charge on any atom is 0.357 e. The summed E-state index contributed by atoms with van der Waals surface area (Å²) in [4.78, 5) is 17.0. The number of aromatic nitrogens is 1. The van der Waals surface area contributed by atoms with Crippen LogP contribution >= 0.6 is 11.3 Å². The number of aromatic carboxylic acids is 1. The van der Waals surface area contributed by atoms with Gasteiger partial charge in [0.15, 0.2) is 5.69 Å². The lowest BCUT2D eigenvalue weighted by atomic mass is 9.99. The van der Waals surface area contributed by atoms with E-state index in [0.29, 0.717) is 5.89 Å². The maximum atomic E-state index is 10.7. The summed E-state index contributed by atoms with van der Waals surface area (Å²) in [5, 5.41) is 8.79. The Balaban J connectivity index is 1.97. The molecule has 0 unspecified atom stereocenters. The zero-order chi connectivity index (χ0) is 11.8. The first-order chi connectivity index (χ1) is 8.24. The summed E-state index contributed by atoms with van der Waals surface area (Å²) in [7, 11) is 0. The van der Waals surface area contributed by atoms with Crippen molar-refractivity contribution in [2.75, 3.05) is 0 Å². The van der Waals surface area contributed by atoms with Crippen molar-refractivity contribution < 1.29 is 14.3 Å². The molecule has 4 nitrogen and oxygen atoms in total. The monoisotopic (exact) mass is 249 g/mol. The molecule has 0 saturated carbocycles. The maximum absolute atomic E-state index is 10.7. The van der Waals surface area contributed by atoms with Gasteiger partial charge in [0.2, 0.25) is 5.89 Å². The Morgan fingerprint density at radius 2 is 2.24 bits per heavy atom. The van der Waals surface area contributed by atoms with Crippen LogP contribution in [0.25, 0.3) is 10.8 Å². The highest BCUT2D eigenvalue weighted by atomic mass is 32.1. The molecule has 2 heterocycles. The molecule has 1 aliphatic carbocycles. The second-order valence-corrected chi connectivity index (χ2v) is 5.25. The van der Waals surface area contributed by atoms with Crippen LogP contribution in [-0.4, -0.2) is 16.1 Å². The number of thiophene rings is 1. The van der Waals surface area contributed by atoms with Crippen LogP contribution < -0.4 is 0 Å². The summed E-state index contributed by atoms with van der Waals surface area (Å²) in [5.74, 6) is -0.636. The van der Waals surface area contributed by atoms with E-state index in [0.717, 1.165) is 17.7 Å². The number of carboxylic acids is 1. The van der Waals surface area contributed by atoms with Crippen LogP contribution in [0.2, 0.25) is 0 Å². The molecule has 0 saturated heterocycles. The molecular formula is C12H11NO3S. The molecule has 0 atom stereocenters. The summed E-state index contributed by atoms with van der Waals surface area (Å²) in [6.07, 6.45) is 5.88. The fourth-order valence-electron chi connectivity index (χ4n) is 2.08. The second-order valence-electron chi connectivity index (χ2n) is 4.11. The van der Waals surface area contributed by atoms with Crippen molar-refractivity contribution in [3.63, 3.8) is 0 Å². The Morgan fingerprint density at radius 3 is 2.94 bits per heavy atom. The topological polar surface area (TPSA) is 63.3 Å². The second kappa shape index (κ2) is 4.00. The van der Waals surface area contributed by atoms with E-state index in [4.69, 9.17) is 9.52 Å². The van der Waals surface area contributed by atoms with Gasteiger partial charge in [-0.15, -0.1) is 11.3 Å². The van der Waals surface area contributed by atoms with E-state index < -0.39 is 5.97 Å². The van der Waals surface area contributed by atoms with Gasteiger partial charge in [0.1, 0.15) is 6.26 Å². The first-order valence-electron chi connectivity index (χ1n) is 5.55. The van der Waals surface area contributed by atoms with Crippen molar-refractivity contribution in [2.24, 2.45) is 0 Å². The van der Waals surface area contributed by atoms with Gasteiger partial charge in [-0.2, -0.15) is 0 Å². The highest BCUT2D eigenvalue weighted by Crippen LogP contribution is 2.35. The van der Waals surface area contributed by atoms with Crippen molar-refractivity contribution in [1.82, 2.24) is 4.98 Å². The fourth-order valence-corrected chi connectivity index (χ4v) is 3.27. The van der Waals surface area contributed by atoms with Gasteiger partial charge in [0, 0.05) is 4.88 Å². The lowest BCUT2D eigenvalue weighted by molar-refractivity contribution is 0.0690.